The molecule has 2 heterocycles. The summed E-state index contributed by atoms with van der Waals surface area (Å²) in [6.45, 7) is 2.65. The molecule has 126 valence electrons. The Labute approximate surface area is 137 Å². The number of nitrogens with zero attached hydrogens (tertiary/aromatic N) is 1. The molecule has 1 aliphatic carbocycles. The SMILES string of the molecule is COC(=O)c1ccc(NC2CCOC3(CCCCC3)C2)nc1C. The fourth-order valence-corrected chi connectivity index (χ4v) is 3.87. The molecule has 5 nitrogen and oxygen atoms in total. The van der Waals surface area contributed by atoms with Gasteiger partial charge in [-0.2, -0.15) is 0 Å². The number of hydrogen-bond acceptors (Lipinski definition) is 5. The van der Waals surface area contributed by atoms with Crippen LogP contribution in [0.25, 0.3) is 0 Å². The lowest BCUT2D eigenvalue weighted by molar-refractivity contribution is -0.103. The molecule has 1 aromatic rings. The molecule has 0 radical (unpaired) electrons. The lowest BCUT2D eigenvalue weighted by atomic mass is 9.78. The van der Waals surface area contributed by atoms with Crippen molar-refractivity contribution in [2.45, 2.75) is 63.5 Å². The maximum atomic E-state index is 11.6. The van der Waals surface area contributed by atoms with Crippen LogP contribution in [0.15, 0.2) is 12.1 Å². The number of carbonyl (C=O) groups excluding carboxylic acids is 1. The van der Waals surface area contributed by atoms with Crippen LogP contribution in [0.2, 0.25) is 0 Å². The van der Waals surface area contributed by atoms with Crippen LogP contribution in [-0.4, -0.2) is 36.3 Å². The van der Waals surface area contributed by atoms with Crippen molar-refractivity contribution in [3.8, 4) is 0 Å². The van der Waals surface area contributed by atoms with Gasteiger partial charge < -0.3 is 14.8 Å². The predicted octanol–water partition coefficient (Wildman–Crippen LogP) is 3.47. The van der Waals surface area contributed by atoms with Gasteiger partial charge in [0.2, 0.25) is 0 Å². The third-order valence-electron chi connectivity index (χ3n) is 5.10. The first-order chi connectivity index (χ1) is 11.1. The highest BCUT2D eigenvalue weighted by Gasteiger charge is 2.38. The standard InChI is InChI=1S/C18H26N2O3/c1-13-15(17(21)22-2)6-7-16(19-13)20-14-8-11-23-18(12-14)9-4-3-5-10-18/h6-7,14H,3-5,8-12H2,1-2H3,(H,19,20). The van der Waals surface area contributed by atoms with E-state index in [1.54, 1.807) is 6.07 Å². The van der Waals surface area contributed by atoms with E-state index in [1.807, 2.05) is 13.0 Å². The number of anilines is 1. The van der Waals surface area contributed by atoms with Crippen molar-refractivity contribution in [2.75, 3.05) is 19.0 Å². The van der Waals surface area contributed by atoms with Crippen molar-refractivity contribution in [3.63, 3.8) is 0 Å². The number of nitrogens with one attached hydrogen (secondary N) is 1. The monoisotopic (exact) mass is 318 g/mol. The molecule has 0 aromatic carbocycles. The highest BCUT2D eigenvalue weighted by molar-refractivity contribution is 5.90. The molecule has 1 unspecified atom stereocenters. The Morgan fingerprint density at radius 1 is 1.35 bits per heavy atom. The van der Waals surface area contributed by atoms with Gasteiger partial charge in [0.05, 0.1) is 24.0 Å². The third kappa shape index (κ3) is 3.66. The van der Waals surface area contributed by atoms with Crippen LogP contribution in [-0.2, 0) is 9.47 Å². The second kappa shape index (κ2) is 6.87. The Hall–Kier alpha value is -1.62. The molecule has 1 spiro atoms. The summed E-state index contributed by atoms with van der Waals surface area (Å²) in [6.07, 6.45) is 8.29. The number of methoxy groups -OCH3 is 1. The number of hydrogen-bond donors (Lipinski definition) is 1. The van der Waals surface area contributed by atoms with E-state index in [9.17, 15) is 4.79 Å². The highest BCUT2D eigenvalue weighted by Crippen LogP contribution is 2.39. The zero-order chi connectivity index (χ0) is 16.3. The number of aryl methyl sites for hydroxylation is 1. The van der Waals surface area contributed by atoms with E-state index in [4.69, 9.17) is 9.47 Å². The molecule has 2 aliphatic rings. The minimum absolute atomic E-state index is 0.0785. The van der Waals surface area contributed by atoms with Crippen LogP contribution < -0.4 is 5.32 Å². The van der Waals surface area contributed by atoms with Crippen molar-refractivity contribution in [3.05, 3.63) is 23.4 Å². The summed E-state index contributed by atoms with van der Waals surface area (Å²) in [4.78, 5) is 16.2. The van der Waals surface area contributed by atoms with Gasteiger partial charge in [-0.3, -0.25) is 0 Å². The Balaban J connectivity index is 1.67. The lowest BCUT2D eigenvalue weighted by Crippen LogP contribution is -2.45. The molecule has 5 heteroatoms. The van der Waals surface area contributed by atoms with Gasteiger partial charge in [-0.05, 0) is 44.7 Å². The van der Waals surface area contributed by atoms with Crippen LogP contribution in [0.4, 0.5) is 5.82 Å². The Bertz CT molecular complexity index is 562. The molecule has 0 amide bonds. The van der Waals surface area contributed by atoms with Gasteiger partial charge in [0, 0.05) is 12.6 Å². The van der Waals surface area contributed by atoms with Gasteiger partial charge in [0.25, 0.3) is 0 Å². The van der Waals surface area contributed by atoms with Crippen molar-refractivity contribution >= 4 is 11.8 Å². The second-order valence-corrected chi connectivity index (χ2v) is 6.75. The average molecular weight is 318 g/mol. The van der Waals surface area contributed by atoms with E-state index >= 15 is 0 Å². The summed E-state index contributed by atoms with van der Waals surface area (Å²) in [6, 6.07) is 4.03. The highest BCUT2D eigenvalue weighted by atomic mass is 16.5. The quantitative estimate of drug-likeness (QED) is 0.865. The van der Waals surface area contributed by atoms with Gasteiger partial charge in [-0.15, -0.1) is 0 Å². The van der Waals surface area contributed by atoms with Crippen LogP contribution >= 0.6 is 0 Å². The van der Waals surface area contributed by atoms with Crippen molar-refractivity contribution in [1.29, 1.82) is 0 Å². The molecular formula is C18H26N2O3. The van der Waals surface area contributed by atoms with E-state index < -0.39 is 0 Å². The minimum Gasteiger partial charge on any atom is -0.465 e. The van der Waals surface area contributed by atoms with Crippen LogP contribution in [0, 0.1) is 6.92 Å². The molecule has 3 rings (SSSR count). The lowest BCUT2D eigenvalue weighted by Gasteiger charge is -2.43. The van der Waals surface area contributed by atoms with Crippen LogP contribution in [0.1, 0.15) is 61.0 Å². The zero-order valence-electron chi connectivity index (χ0n) is 14.1. The second-order valence-electron chi connectivity index (χ2n) is 6.75. The first kappa shape index (κ1) is 16.2. The normalized spacial score (nSPS) is 23.5. The van der Waals surface area contributed by atoms with Gasteiger partial charge in [0.1, 0.15) is 5.82 Å². The minimum atomic E-state index is -0.339. The van der Waals surface area contributed by atoms with Gasteiger partial charge in [-0.1, -0.05) is 19.3 Å². The van der Waals surface area contributed by atoms with Gasteiger partial charge in [-0.25, -0.2) is 9.78 Å². The molecule has 1 atom stereocenters. The molecular weight excluding hydrogens is 292 g/mol. The summed E-state index contributed by atoms with van der Waals surface area (Å²) >= 11 is 0. The number of rotatable bonds is 3. The van der Waals surface area contributed by atoms with Gasteiger partial charge >= 0.3 is 5.97 Å². The summed E-state index contributed by atoms with van der Waals surface area (Å²) in [7, 11) is 1.39. The number of aromatic nitrogens is 1. The zero-order valence-corrected chi connectivity index (χ0v) is 14.1. The third-order valence-corrected chi connectivity index (χ3v) is 5.10. The largest absolute Gasteiger partial charge is 0.465 e. The molecule has 23 heavy (non-hydrogen) atoms. The van der Waals surface area contributed by atoms with Crippen molar-refractivity contribution < 1.29 is 14.3 Å². The first-order valence-electron chi connectivity index (χ1n) is 8.58. The van der Waals surface area contributed by atoms with E-state index in [0.717, 1.165) is 25.3 Å². The van der Waals surface area contributed by atoms with Gasteiger partial charge in [0.15, 0.2) is 0 Å². The van der Waals surface area contributed by atoms with Crippen LogP contribution in [0.5, 0.6) is 0 Å². The molecule has 2 fully saturated rings. The molecule has 1 N–H and O–H groups in total. The summed E-state index contributed by atoms with van der Waals surface area (Å²) < 4.78 is 10.9. The maximum absolute atomic E-state index is 11.6. The van der Waals surface area contributed by atoms with E-state index in [2.05, 4.69) is 10.3 Å². The Morgan fingerprint density at radius 2 is 2.13 bits per heavy atom. The first-order valence-corrected chi connectivity index (χ1v) is 8.58. The topological polar surface area (TPSA) is 60.5 Å². The average Bonchev–Trinajstić information content (AvgIpc) is 2.55. The summed E-state index contributed by atoms with van der Waals surface area (Å²) in [5, 5.41) is 3.53. The smallest absolute Gasteiger partial charge is 0.339 e. The van der Waals surface area contributed by atoms with E-state index in [1.165, 1.54) is 39.2 Å². The molecule has 0 bridgehead atoms. The Kier molecular flexibility index (Phi) is 4.85. The molecule has 1 saturated carbocycles. The number of esters is 1. The molecule has 1 aliphatic heterocycles. The van der Waals surface area contributed by atoms with Crippen molar-refractivity contribution in [1.82, 2.24) is 4.98 Å². The number of carbonyl (C=O) groups is 1. The number of ether oxygens (including phenoxy) is 2. The maximum Gasteiger partial charge on any atom is 0.339 e. The van der Waals surface area contributed by atoms with E-state index in [0.29, 0.717) is 17.3 Å². The van der Waals surface area contributed by atoms with Crippen LogP contribution in [0.3, 0.4) is 0 Å². The predicted molar refractivity (Wildman–Crippen MR) is 88.7 cm³/mol. The summed E-state index contributed by atoms with van der Waals surface area (Å²) in [5.41, 5.74) is 1.30. The summed E-state index contributed by atoms with van der Waals surface area (Å²) in [5.74, 6) is 0.488. The molecule has 1 saturated heterocycles. The number of pyridine rings is 1. The fourth-order valence-electron chi connectivity index (χ4n) is 3.87. The fraction of sp³-hybridized carbons (Fsp3) is 0.667. The molecule has 1 aromatic heterocycles. The Morgan fingerprint density at radius 3 is 2.83 bits per heavy atom. The van der Waals surface area contributed by atoms with E-state index in [-0.39, 0.29) is 11.6 Å². The van der Waals surface area contributed by atoms with Crippen molar-refractivity contribution in [2.24, 2.45) is 0 Å².